The molecule has 0 aliphatic heterocycles. The van der Waals surface area contributed by atoms with Crippen molar-refractivity contribution in [2.24, 2.45) is 0 Å². The third-order valence-electron chi connectivity index (χ3n) is 5.77. The molecule has 5 rings (SSSR count). The van der Waals surface area contributed by atoms with Crippen LogP contribution in [-0.2, 0) is 16.0 Å². The molecule has 8 heteroatoms. The number of rotatable bonds is 6. The SMILES string of the molecule is CC(C)n1nccc1NC(=O)COC(=O)c1c2c(nc3ccccc13)/C(=C\c1ccco1)CC2. The van der Waals surface area contributed by atoms with Crippen LogP contribution in [0.3, 0.4) is 0 Å². The molecule has 1 aromatic carbocycles. The van der Waals surface area contributed by atoms with Gasteiger partial charge in [-0.3, -0.25) is 4.79 Å². The number of benzene rings is 1. The van der Waals surface area contributed by atoms with Crippen LogP contribution >= 0.6 is 0 Å². The lowest BCUT2D eigenvalue weighted by atomic mass is 10.0. The van der Waals surface area contributed by atoms with Crippen molar-refractivity contribution in [1.29, 1.82) is 0 Å². The second-order valence-electron chi connectivity index (χ2n) is 8.40. The molecule has 0 radical (unpaired) electrons. The predicted octanol–water partition coefficient (Wildman–Crippen LogP) is 4.89. The molecule has 0 bridgehead atoms. The number of para-hydroxylation sites is 1. The second-order valence-corrected chi connectivity index (χ2v) is 8.40. The van der Waals surface area contributed by atoms with Gasteiger partial charge in [0.2, 0.25) is 0 Å². The molecule has 1 N–H and O–H groups in total. The second kappa shape index (κ2) is 8.97. The fourth-order valence-corrected chi connectivity index (χ4v) is 4.26. The van der Waals surface area contributed by atoms with Crippen LogP contribution in [0.15, 0.2) is 59.3 Å². The number of carbonyl (C=O) groups is 2. The molecule has 34 heavy (non-hydrogen) atoms. The minimum atomic E-state index is -0.540. The fourth-order valence-electron chi connectivity index (χ4n) is 4.26. The van der Waals surface area contributed by atoms with Crippen LogP contribution in [-0.4, -0.2) is 33.2 Å². The molecule has 1 aliphatic rings. The summed E-state index contributed by atoms with van der Waals surface area (Å²) in [4.78, 5) is 30.6. The Morgan fingerprint density at radius 2 is 2.03 bits per heavy atom. The Hall–Kier alpha value is -4.20. The van der Waals surface area contributed by atoms with Gasteiger partial charge in [-0.25, -0.2) is 14.5 Å². The average Bonchev–Trinajstić information content (AvgIpc) is 3.58. The molecule has 1 amide bonds. The topological polar surface area (TPSA) is 99.2 Å². The maximum Gasteiger partial charge on any atom is 0.339 e. The zero-order chi connectivity index (χ0) is 23.7. The number of anilines is 1. The van der Waals surface area contributed by atoms with Gasteiger partial charge in [-0.1, -0.05) is 18.2 Å². The van der Waals surface area contributed by atoms with Gasteiger partial charge >= 0.3 is 5.97 Å². The van der Waals surface area contributed by atoms with E-state index < -0.39 is 18.5 Å². The Labute approximate surface area is 196 Å². The molecule has 0 saturated carbocycles. The Kier molecular flexibility index (Phi) is 5.71. The van der Waals surface area contributed by atoms with E-state index in [1.165, 1.54) is 0 Å². The van der Waals surface area contributed by atoms with Crippen molar-refractivity contribution in [2.75, 3.05) is 11.9 Å². The van der Waals surface area contributed by atoms with Crippen LogP contribution < -0.4 is 5.32 Å². The van der Waals surface area contributed by atoms with Crippen molar-refractivity contribution in [3.8, 4) is 0 Å². The molecule has 172 valence electrons. The molecule has 3 aromatic heterocycles. The van der Waals surface area contributed by atoms with E-state index in [2.05, 4.69) is 10.4 Å². The molecule has 4 aromatic rings. The third kappa shape index (κ3) is 4.10. The van der Waals surface area contributed by atoms with Gasteiger partial charge in [0.05, 0.1) is 29.2 Å². The van der Waals surface area contributed by atoms with Crippen LogP contribution in [0, 0.1) is 0 Å². The summed E-state index contributed by atoms with van der Waals surface area (Å²) in [5.41, 5.74) is 3.77. The van der Waals surface area contributed by atoms with E-state index in [-0.39, 0.29) is 6.04 Å². The van der Waals surface area contributed by atoms with Gasteiger partial charge < -0.3 is 14.5 Å². The number of hydrogen-bond acceptors (Lipinski definition) is 6. The van der Waals surface area contributed by atoms with Crippen molar-refractivity contribution < 1.29 is 18.7 Å². The summed E-state index contributed by atoms with van der Waals surface area (Å²) in [5, 5.41) is 7.66. The maximum absolute atomic E-state index is 13.2. The molecular formula is C26H24N4O4. The summed E-state index contributed by atoms with van der Waals surface area (Å²) in [7, 11) is 0. The van der Waals surface area contributed by atoms with E-state index in [0.29, 0.717) is 28.7 Å². The molecule has 8 nitrogen and oxygen atoms in total. The van der Waals surface area contributed by atoms with E-state index in [1.54, 1.807) is 23.2 Å². The average molecular weight is 457 g/mol. The minimum Gasteiger partial charge on any atom is -0.465 e. The fraction of sp³-hybridized carbons (Fsp3) is 0.231. The van der Waals surface area contributed by atoms with Crippen molar-refractivity contribution >= 4 is 40.2 Å². The lowest BCUT2D eigenvalue weighted by molar-refractivity contribution is -0.119. The number of hydrogen-bond donors (Lipinski definition) is 1. The quantitative estimate of drug-likeness (QED) is 0.415. The van der Waals surface area contributed by atoms with Gasteiger partial charge in [0, 0.05) is 17.5 Å². The number of pyridine rings is 1. The van der Waals surface area contributed by atoms with Gasteiger partial charge in [0.1, 0.15) is 11.6 Å². The lowest BCUT2D eigenvalue weighted by Crippen LogP contribution is -2.23. The Bertz CT molecular complexity index is 1400. The number of aromatic nitrogens is 3. The van der Waals surface area contributed by atoms with Gasteiger partial charge in [-0.05, 0) is 62.1 Å². The van der Waals surface area contributed by atoms with E-state index in [9.17, 15) is 9.59 Å². The highest BCUT2D eigenvalue weighted by atomic mass is 16.5. The number of fused-ring (bicyclic) bond motifs is 2. The van der Waals surface area contributed by atoms with Gasteiger partial charge in [0.15, 0.2) is 6.61 Å². The molecule has 0 saturated heterocycles. The zero-order valence-electron chi connectivity index (χ0n) is 18.9. The van der Waals surface area contributed by atoms with Crippen molar-refractivity contribution in [2.45, 2.75) is 32.7 Å². The van der Waals surface area contributed by atoms with Crippen LogP contribution in [0.5, 0.6) is 0 Å². The van der Waals surface area contributed by atoms with E-state index in [1.807, 2.05) is 56.3 Å². The molecular weight excluding hydrogens is 432 g/mol. The van der Waals surface area contributed by atoms with Gasteiger partial charge in [-0.2, -0.15) is 5.10 Å². The number of allylic oxidation sites excluding steroid dienone is 1. The summed E-state index contributed by atoms with van der Waals surface area (Å²) in [6.45, 7) is 3.53. The first-order valence-corrected chi connectivity index (χ1v) is 11.2. The van der Waals surface area contributed by atoms with Crippen LogP contribution in [0.25, 0.3) is 22.6 Å². The smallest absolute Gasteiger partial charge is 0.339 e. The Morgan fingerprint density at radius 3 is 2.82 bits per heavy atom. The van der Waals surface area contributed by atoms with Crippen LogP contribution in [0.2, 0.25) is 0 Å². The molecule has 0 atom stereocenters. The number of amides is 1. The monoisotopic (exact) mass is 456 g/mol. The first-order valence-electron chi connectivity index (χ1n) is 11.2. The van der Waals surface area contributed by atoms with Crippen molar-refractivity contribution in [3.05, 3.63) is 77.5 Å². The Balaban J connectivity index is 1.41. The van der Waals surface area contributed by atoms with E-state index in [0.717, 1.165) is 29.0 Å². The summed E-state index contributed by atoms with van der Waals surface area (Å²) < 4.78 is 12.6. The standard InChI is InChI=1S/C26H24N4O4/c1-16(2)30-22(11-12-27-30)29-23(31)15-34-26(32)24-19-7-3-4-8-21(19)28-25-17(9-10-20(24)25)14-18-6-5-13-33-18/h3-8,11-14,16H,9-10,15H2,1-2H3,(H,29,31)/b17-14-. The first kappa shape index (κ1) is 21.6. The highest BCUT2D eigenvalue weighted by molar-refractivity contribution is 6.07. The normalized spacial score (nSPS) is 14.0. The molecule has 3 heterocycles. The first-order chi connectivity index (χ1) is 16.5. The highest BCUT2D eigenvalue weighted by Crippen LogP contribution is 2.37. The molecule has 1 aliphatic carbocycles. The van der Waals surface area contributed by atoms with Crippen LogP contribution in [0.1, 0.15) is 53.7 Å². The number of nitrogens with zero attached hydrogens (tertiary/aromatic N) is 3. The number of nitrogens with one attached hydrogen (secondary N) is 1. The number of furan rings is 1. The summed E-state index contributed by atoms with van der Waals surface area (Å²) in [6, 6.07) is 13.0. The van der Waals surface area contributed by atoms with Crippen molar-refractivity contribution in [1.82, 2.24) is 14.8 Å². The van der Waals surface area contributed by atoms with Crippen LogP contribution in [0.4, 0.5) is 5.82 Å². The minimum absolute atomic E-state index is 0.0852. The van der Waals surface area contributed by atoms with Crippen molar-refractivity contribution in [3.63, 3.8) is 0 Å². The summed E-state index contributed by atoms with van der Waals surface area (Å²) in [6.07, 6.45) is 6.58. The molecule has 0 spiro atoms. The Morgan fingerprint density at radius 1 is 1.18 bits per heavy atom. The lowest BCUT2D eigenvalue weighted by Gasteiger charge is -2.13. The largest absolute Gasteiger partial charge is 0.465 e. The predicted molar refractivity (Wildman–Crippen MR) is 128 cm³/mol. The number of carbonyl (C=O) groups excluding carboxylic acids is 2. The number of esters is 1. The summed E-state index contributed by atoms with van der Waals surface area (Å²) >= 11 is 0. The highest BCUT2D eigenvalue weighted by Gasteiger charge is 2.28. The number of ether oxygens (including phenoxy) is 1. The van der Waals surface area contributed by atoms with Gasteiger partial charge in [0.25, 0.3) is 5.91 Å². The maximum atomic E-state index is 13.2. The molecule has 0 fully saturated rings. The zero-order valence-corrected chi connectivity index (χ0v) is 18.9. The van der Waals surface area contributed by atoms with E-state index >= 15 is 0 Å². The third-order valence-corrected chi connectivity index (χ3v) is 5.77. The molecule has 0 unspecified atom stereocenters. The van der Waals surface area contributed by atoms with Gasteiger partial charge in [-0.15, -0.1) is 0 Å². The van der Waals surface area contributed by atoms with E-state index in [4.69, 9.17) is 14.1 Å². The summed E-state index contributed by atoms with van der Waals surface area (Å²) in [5.74, 6) is 0.323.